The van der Waals surface area contributed by atoms with Crippen molar-refractivity contribution in [3.63, 3.8) is 0 Å². The minimum Gasteiger partial charge on any atom is -0.373 e. The molecule has 0 radical (unpaired) electrons. The van der Waals surface area contributed by atoms with E-state index in [0.717, 1.165) is 0 Å². The molecule has 1 aromatic rings. The van der Waals surface area contributed by atoms with E-state index < -0.39 is 17.9 Å². The van der Waals surface area contributed by atoms with E-state index in [1.807, 2.05) is 6.92 Å². The summed E-state index contributed by atoms with van der Waals surface area (Å²) < 4.78 is 37.5. The molecule has 0 aromatic heterocycles. The standard InChI is InChI=1S/C12H17F2NO2/c1-5-15(2)9-7-6-8(13)10(11(9)14)12(16-3)17-4/h6-7,12H,5H2,1-4H3. The maximum atomic E-state index is 14.2. The van der Waals surface area contributed by atoms with Crippen LogP contribution >= 0.6 is 0 Å². The predicted molar refractivity (Wildman–Crippen MR) is 62.1 cm³/mol. The average molecular weight is 245 g/mol. The van der Waals surface area contributed by atoms with E-state index in [9.17, 15) is 8.78 Å². The Morgan fingerprint density at radius 2 is 1.82 bits per heavy atom. The Morgan fingerprint density at radius 1 is 1.24 bits per heavy atom. The minimum absolute atomic E-state index is 0.201. The number of anilines is 1. The predicted octanol–water partition coefficient (Wildman–Crippen LogP) is 2.71. The van der Waals surface area contributed by atoms with Crippen LogP contribution in [-0.2, 0) is 9.47 Å². The summed E-state index contributed by atoms with van der Waals surface area (Å²) in [5.74, 6) is -1.33. The number of rotatable bonds is 5. The SMILES string of the molecule is CCN(C)c1ccc(F)c(C(OC)OC)c1F. The normalized spacial score (nSPS) is 11.0. The van der Waals surface area contributed by atoms with E-state index in [2.05, 4.69) is 0 Å². The van der Waals surface area contributed by atoms with Crippen molar-refractivity contribution in [1.29, 1.82) is 0 Å². The molecule has 5 heteroatoms. The summed E-state index contributed by atoms with van der Waals surface area (Å²) in [7, 11) is 4.40. The van der Waals surface area contributed by atoms with Gasteiger partial charge in [0.2, 0.25) is 0 Å². The monoisotopic (exact) mass is 245 g/mol. The number of hydrogen-bond acceptors (Lipinski definition) is 3. The van der Waals surface area contributed by atoms with Gasteiger partial charge >= 0.3 is 0 Å². The van der Waals surface area contributed by atoms with Crippen LogP contribution in [0.3, 0.4) is 0 Å². The third-order valence-electron chi connectivity index (χ3n) is 2.66. The van der Waals surface area contributed by atoms with Gasteiger partial charge in [0.15, 0.2) is 12.1 Å². The van der Waals surface area contributed by atoms with E-state index >= 15 is 0 Å². The van der Waals surface area contributed by atoms with Gasteiger partial charge in [-0.2, -0.15) is 0 Å². The summed E-state index contributed by atoms with van der Waals surface area (Å²) in [6, 6.07) is 2.62. The molecule has 0 saturated heterocycles. The molecule has 0 saturated carbocycles. The molecular formula is C12H17F2NO2. The van der Waals surface area contributed by atoms with Crippen molar-refractivity contribution in [2.45, 2.75) is 13.2 Å². The van der Waals surface area contributed by atoms with Crippen LogP contribution in [0.1, 0.15) is 18.8 Å². The number of nitrogens with zero attached hydrogens (tertiary/aromatic N) is 1. The molecule has 0 unspecified atom stereocenters. The Bertz CT molecular complexity index is 381. The Balaban J connectivity index is 3.28. The highest BCUT2D eigenvalue weighted by molar-refractivity contribution is 5.50. The number of methoxy groups -OCH3 is 2. The molecule has 3 nitrogen and oxygen atoms in total. The zero-order valence-corrected chi connectivity index (χ0v) is 10.5. The van der Waals surface area contributed by atoms with Crippen LogP contribution in [0, 0.1) is 11.6 Å². The maximum Gasteiger partial charge on any atom is 0.188 e. The van der Waals surface area contributed by atoms with Crippen LogP contribution in [0.4, 0.5) is 14.5 Å². The van der Waals surface area contributed by atoms with E-state index in [1.165, 1.54) is 26.4 Å². The molecule has 0 amide bonds. The number of halogens is 2. The third kappa shape index (κ3) is 2.73. The fourth-order valence-electron chi connectivity index (χ4n) is 1.57. The minimum atomic E-state index is -1.04. The first kappa shape index (κ1) is 13.9. The molecule has 96 valence electrons. The van der Waals surface area contributed by atoms with Gasteiger partial charge in [-0.25, -0.2) is 8.78 Å². The lowest BCUT2D eigenvalue weighted by Crippen LogP contribution is -2.19. The molecule has 1 aromatic carbocycles. The van der Waals surface area contributed by atoms with E-state index in [1.54, 1.807) is 11.9 Å². The van der Waals surface area contributed by atoms with Gasteiger partial charge < -0.3 is 14.4 Å². The Kier molecular flexibility index (Phi) is 4.84. The Morgan fingerprint density at radius 3 is 2.29 bits per heavy atom. The van der Waals surface area contributed by atoms with Crippen molar-refractivity contribution in [3.05, 3.63) is 29.3 Å². The second-order valence-electron chi connectivity index (χ2n) is 3.61. The second kappa shape index (κ2) is 5.93. The summed E-state index contributed by atoms with van der Waals surface area (Å²) in [4.78, 5) is 1.68. The van der Waals surface area contributed by atoms with Crippen molar-refractivity contribution >= 4 is 5.69 Å². The molecule has 0 atom stereocenters. The first-order valence-corrected chi connectivity index (χ1v) is 5.31. The molecular weight excluding hydrogens is 228 g/mol. The average Bonchev–Trinajstić information content (AvgIpc) is 2.33. The van der Waals surface area contributed by atoms with Crippen LogP contribution in [0.25, 0.3) is 0 Å². The molecule has 0 aliphatic rings. The van der Waals surface area contributed by atoms with E-state index in [4.69, 9.17) is 9.47 Å². The van der Waals surface area contributed by atoms with Crippen molar-refractivity contribution in [2.24, 2.45) is 0 Å². The van der Waals surface area contributed by atoms with Gasteiger partial charge in [-0.3, -0.25) is 0 Å². The van der Waals surface area contributed by atoms with Crippen molar-refractivity contribution in [1.82, 2.24) is 0 Å². The quantitative estimate of drug-likeness (QED) is 0.744. The molecule has 0 heterocycles. The number of benzene rings is 1. The van der Waals surface area contributed by atoms with Crippen LogP contribution in [0.2, 0.25) is 0 Å². The van der Waals surface area contributed by atoms with Crippen molar-refractivity contribution in [3.8, 4) is 0 Å². The Hall–Kier alpha value is -1.20. The molecule has 0 bridgehead atoms. The summed E-state index contributed by atoms with van der Waals surface area (Å²) in [5, 5.41) is 0. The van der Waals surface area contributed by atoms with Gasteiger partial charge in [-0.05, 0) is 19.1 Å². The fourth-order valence-corrected chi connectivity index (χ4v) is 1.57. The third-order valence-corrected chi connectivity index (χ3v) is 2.66. The zero-order chi connectivity index (χ0) is 13.0. The largest absolute Gasteiger partial charge is 0.373 e. The van der Waals surface area contributed by atoms with Gasteiger partial charge in [0.25, 0.3) is 0 Å². The highest BCUT2D eigenvalue weighted by Crippen LogP contribution is 2.30. The summed E-state index contributed by atoms with van der Waals surface area (Å²) in [6.45, 7) is 2.50. The van der Waals surface area contributed by atoms with Crippen LogP contribution in [0.15, 0.2) is 12.1 Å². The lowest BCUT2D eigenvalue weighted by Gasteiger charge is -2.22. The first-order chi connectivity index (χ1) is 8.06. The van der Waals surface area contributed by atoms with E-state index in [0.29, 0.717) is 12.2 Å². The summed E-state index contributed by atoms with van der Waals surface area (Å²) in [5.41, 5.74) is 0.121. The van der Waals surface area contributed by atoms with Crippen LogP contribution in [0.5, 0.6) is 0 Å². The lowest BCUT2D eigenvalue weighted by atomic mass is 10.1. The fraction of sp³-hybridized carbons (Fsp3) is 0.500. The Labute approximate surface area is 99.9 Å². The molecule has 17 heavy (non-hydrogen) atoms. The highest BCUT2D eigenvalue weighted by Gasteiger charge is 2.23. The van der Waals surface area contributed by atoms with E-state index in [-0.39, 0.29) is 5.56 Å². The molecule has 0 fully saturated rings. The van der Waals surface area contributed by atoms with Crippen molar-refractivity contribution < 1.29 is 18.3 Å². The molecule has 0 N–H and O–H groups in total. The summed E-state index contributed by atoms with van der Waals surface area (Å²) >= 11 is 0. The molecule has 0 aliphatic carbocycles. The molecule has 0 spiro atoms. The molecule has 0 aliphatic heterocycles. The van der Waals surface area contributed by atoms with Crippen LogP contribution < -0.4 is 4.90 Å². The first-order valence-electron chi connectivity index (χ1n) is 5.31. The van der Waals surface area contributed by atoms with Crippen molar-refractivity contribution in [2.75, 3.05) is 32.7 Å². The smallest absolute Gasteiger partial charge is 0.188 e. The van der Waals surface area contributed by atoms with Gasteiger partial charge in [-0.1, -0.05) is 0 Å². The second-order valence-corrected chi connectivity index (χ2v) is 3.61. The van der Waals surface area contributed by atoms with Gasteiger partial charge in [0, 0.05) is 27.8 Å². The highest BCUT2D eigenvalue weighted by atomic mass is 19.1. The van der Waals surface area contributed by atoms with Gasteiger partial charge in [-0.15, -0.1) is 0 Å². The van der Waals surface area contributed by atoms with Gasteiger partial charge in [0.1, 0.15) is 5.82 Å². The summed E-state index contributed by atoms with van der Waals surface area (Å²) in [6.07, 6.45) is -1.04. The topological polar surface area (TPSA) is 21.7 Å². The lowest BCUT2D eigenvalue weighted by molar-refractivity contribution is -0.109. The van der Waals surface area contributed by atoms with Crippen LogP contribution in [-0.4, -0.2) is 27.8 Å². The molecule has 1 rings (SSSR count). The number of ether oxygens (including phenoxy) is 2. The zero-order valence-electron chi connectivity index (χ0n) is 10.5. The van der Waals surface area contributed by atoms with Gasteiger partial charge in [0.05, 0.1) is 11.3 Å². The number of hydrogen-bond donors (Lipinski definition) is 0. The maximum absolute atomic E-state index is 14.2.